The molecule has 3 aromatic rings. The number of nitriles is 1. The molecule has 0 radical (unpaired) electrons. The largest absolute Gasteiger partial charge is 0.406 e. The summed E-state index contributed by atoms with van der Waals surface area (Å²) in [6, 6.07) is 12.5. The highest BCUT2D eigenvalue weighted by atomic mass is 19.4. The van der Waals surface area contributed by atoms with Crippen molar-refractivity contribution in [3.63, 3.8) is 0 Å². The van der Waals surface area contributed by atoms with Gasteiger partial charge in [-0.25, -0.2) is 0 Å². The molecule has 0 saturated heterocycles. The van der Waals surface area contributed by atoms with Crippen LogP contribution in [-0.2, 0) is 6.54 Å². The molecule has 33 heavy (non-hydrogen) atoms. The summed E-state index contributed by atoms with van der Waals surface area (Å²) >= 11 is 0. The molecular formula is C26H27F3N4. The minimum Gasteiger partial charge on any atom is -0.335 e. The van der Waals surface area contributed by atoms with Crippen LogP contribution >= 0.6 is 0 Å². The molecule has 0 aliphatic heterocycles. The van der Waals surface area contributed by atoms with E-state index in [-0.39, 0.29) is 19.4 Å². The Balaban J connectivity index is 1.50. The summed E-state index contributed by atoms with van der Waals surface area (Å²) in [5, 5.41) is 13.7. The van der Waals surface area contributed by atoms with Crippen molar-refractivity contribution in [3.05, 3.63) is 53.2 Å². The van der Waals surface area contributed by atoms with Crippen LogP contribution in [0.15, 0.2) is 36.5 Å². The van der Waals surface area contributed by atoms with E-state index in [1.807, 2.05) is 31.2 Å². The van der Waals surface area contributed by atoms with E-state index in [4.69, 9.17) is 0 Å². The normalized spacial score (nSPS) is 18.4. The zero-order valence-corrected chi connectivity index (χ0v) is 18.7. The van der Waals surface area contributed by atoms with E-state index < -0.39 is 11.7 Å². The average Bonchev–Trinajstić information content (AvgIpc) is 3.37. The molecule has 0 atom stereocenters. The van der Waals surface area contributed by atoms with Gasteiger partial charge in [-0.1, -0.05) is 31.0 Å². The van der Waals surface area contributed by atoms with Gasteiger partial charge in [-0.05, 0) is 62.3 Å². The molecule has 7 heteroatoms. The van der Waals surface area contributed by atoms with Crippen LogP contribution in [0.25, 0.3) is 22.3 Å². The summed E-state index contributed by atoms with van der Waals surface area (Å²) in [5.74, 6) is 0. The van der Waals surface area contributed by atoms with E-state index in [9.17, 15) is 18.4 Å². The first-order chi connectivity index (χ1) is 15.8. The molecule has 0 amide bonds. The molecule has 0 bridgehead atoms. The van der Waals surface area contributed by atoms with Gasteiger partial charge in [0.15, 0.2) is 0 Å². The predicted molar refractivity (Wildman–Crippen MR) is 122 cm³/mol. The van der Waals surface area contributed by atoms with Gasteiger partial charge < -0.3 is 4.57 Å². The molecule has 2 fully saturated rings. The lowest BCUT2D eigenvalue weighted by molar-refractivity contribution is -0.219. The van der Waals surface area contributed by atoms with Gasteiger partial charge in [-0.3, -0.25) is 10.3 Å². The van der Waals surface area contributed by atoms with Gasteiger partial charge in [0.25, 0.3) is 0 Å². The fraction of sp³-hybridized carbons (Fsp3) is 0.462. The first-order valence-electron chi connectivity index (χ1n) is 11.6. The van der Waals surface area contributed by atoms with Crippen LogP contribution in [0.1, 0.15) is 67.7 Å². The van der Waals surface area contributed by atoms with E-state index in [0.717, 1.165) is 47.8 Å². The number of hydrogen-bond donors (Lipinski definition) is 1. The molecule has 172 valence electrons. The number of aryl methyl sites for hydroxylation is 1. The van der Waals surface area contributed by atoms with Gasteiger partial charge in [0.1, 0.15) is 11.6 Å². The van der Waals surface area contributed by atoms with Gasteiger partial charge in [0.2, 0.25) is 0 Å². The number of rotatable bonds is 5. The second-order valence-electron chi connectivity index (χ2n) is 9.50. The first-order valence-corrected chi connectivity index (χ1v) is 11.6. The van der Waals surface area contributed by atoms with E-state index in [1.165, 1.54) is 0 Å². The highest BCUT2D eigenvalue weighted by Crippen LogP contribution is 2.45. The Bertz CT molecular complexity index is 1210. The highest BCUT2D eigenvalue weighted by molar-refractivity contribution is 5.94. The maximum Gasteiger partial charge on any atom is 0.406 e. The monoisotopic (exact) mass is 452 g/mol. The van der Waals surface area contributed by atoms with E-state index in [1.54, 1.807) is 6.20 Å². The van der Waals surface area contributed by atoms with Crippen LogP contribution < -0.4 is 5.32 Å². The molecule has 2 heterocycles. The number of aromatic nitrogens is 2. The smallest absolute Gasteiger partial charge is 0.335 e. The van der Waals surface area contributed by atoms with Crippen LogP contribution in [-0.4, -0.2) is 21.3 Å². The van der Waals surface area contributed by atoms with Crippen molar-refractivity contribution in [1.29, 1.82) is 5.26 Å². The van der Waals surface area contributed by atoms with Crippen LogP contribution in [0, 0.1) is 18.3 Å². The molecule has 1 aromatic carbocycles. The summed E-state index contributed by atoms with van der Waals surface area (Å²) in [6.45, 7) is 2.16. The van der Waals surface area contributed by atoms with E-state index in [2.05, 4.69) is 27.0 Å². The van der Waals surface area contributed by atoms with Crippen LogP contribution in [0.5, 0.6) is 0 Å². The molecule has 1 N–H and O–H groups in total. The summed E-state index contributed by atoms with van der Waals surface area (Å²) < 4.78 is 42.6. The lowest BCUT2D eigenvalue weighted by Crippen LogP contribution is -2.61. The summed E-state index contributed by atoms with van der Waals surface area (Å²) in [6.07, 6.45) is 2.67. The van der Waals surface area contributed by atoms with Crippen molar-refractivity contribution < 1.29 is 13.2 Å². The minimum atomic E-state index is -4.25. The lowest BCUT2D eigenvalue weighted by Gasteiger charge is -2.44. The first kappa shape index (κ1) is 22.0. The Morgan fingerprint density at radius 2 is 1.91 bits per heavy atom. The van der Waals surface area contributed by atoms with Crippen LogP contribution in [0.4, 0.5) is 13.2 Å². The molecule has 4 nitrogen and oxygen atoms in total. The Kier molecular flexibility index (Phi) is 5.44. The van der Waals surface area contributed by atoms with Gasteiger partial charge in [-0.2, -0.15) is 18.4 Å². The maximum absolute atomic E-state index is 13.4. The average molecular weight is 453 g/mol. The zero-order valence-electron chi connectivity index (χ0n) is 18.7. The fourth-order valence-electron chi connectivity index (χ4n) is 5.36. The second kappa shape index (κ2) is 8.18. The summed E-state index contributed by atoms with van der Waals surface area (Å²) in [4.78, 5) is 4.62. The van der Waals surface area contributed by atoms with Crippen molar-refractivity contribution >= 4 is 10.9 Å². The second-order valence-corrected chi connectivity index (χ2v) is 9.50. The molecule has 2 aromatic heterocycles. The number of benzene rings is 1. The van der Waals surface area contributed by atoms with Crippen molar-refractivity contribution in [2.75, 3.05) is 0 Å². The molecule has 2 aliphatic carbocycles. The molecule has 0 unspecified atom stereocenters. The van der Waals surface area contributed by atoms with Crippen LogP contribution in [0.3, 0.4) is 0 Å². The third kappa shape index (κ3) is 3.71. The van der Waals surface area contributed by atoms with Crippen molar-refractivity contribution in [3.8, 4) is 17.5 Å². The predicted octanol–water partition coefficient (Wildman–Crippen LogP) is 6.57. The summed E-state index contributed by atoms with van der Waals surface area (Å²) in [5.41, 5.74) is 3.23. The number of fused-ring (bicyclic) bond motifs is 1. The van der Waals surface area contributed by atoms with Gasteiger partial charge in [0.05, 0.1) is 22.5 Å². The topological polar surface area (TPSA) is 53.6 Å². The quantitative estimate of drug-likeness (QED) is 0.476. The molecule has 5 rings (SSSR count). The Morgan fingerprint density at radius 1 is 1.15 bits per heavy atom. The number of alkyl halides is 3. The van der Waals surface area contributed by atoms with Crippen LogP contribution in [0.2, 0.25) is 0 Å². The number of nitrogens with one attached hydrogen (secondary N) is 1. The fourth-order valence-corrected chi connectivity index (χ4v) is 5.36. The van der Waals surface area contributed by atoms with Gasteiger partial charge >= 0.3 is 6.18 Å². The Morgan fingerprint density at radius 3 is 2.48 bits per heavy atom. The highest BCUT2D eigenvalue weighted by Gasteiger charge is 2.57. The van der Waals surface area contributed by atoms with Gasteiger partial charge in [0, 0.05) is 24.2 Å². The third-order valence-electron chi connectivity index (χ3n) is 7.41. The van der Waals surface area contributed by atoms with E-state index >= 15 is 0 Å². The minimum absolute atomic E-state index is 0.114. The number of halogens is 3. The Labute approximate surface area is 191 Å². The van der Waals surface area contributed by atoms with Gasteiger partial charge in [-0.15, -0.1) is 0 Å². The SMILES string of the molecule is Cc1ccc2c(C#N)c(-c3ccc(CNC4(C(F)(F)F)CCC4)cn3)n(C3CCCC3)c2c1. The Hall–Kier alpha value is -2.85. The number of pyridine rings is 1. The molecule has 2 aliphatic rings. The van der Waals surface area contributed by atoms with Crippen molar-refractivity contribution in [2.45, 2.75) is 76.2 Å². The summed E-state index contributed by atoms with van der Waals surface area (Å²) in [7, 11) is 0. The van der Waals surface area contributed by atoms with E-state index in [0.29, 0.717) is 29.3 Å². The van der Waals surface area contributed by atoms with Crippen molar-refractivity contribution in [1.82, 2.24) is 14.9 Å². The standard InChI is InChI=1S/C26H27F3N4/c1-17-7-9-20-21(14-30)24(33(23(20)13-17)19-5-2-3-6-19)22-10-8-18(15-31-22)16-32-25(11-4-12-25)26(27,28)29/h7-10,13,15,19,32H,2-6,11-12,16H2,1H3. The molecule has 2 saturated carbocycles. The third-order valence-corrected chi connectivity index (χ3v) is 7.41. The number of nitrogens with zero attached hydrogens (tertiary/aromatic N) is 3. The molecule has 0 spiro atoms. The zero-order chi connectivity index (χ0) is 23.2. The molecular weight excluding hydrogens is 425 g/mol. The lowest BCUT2D eigenvalue weighted by atomic mass is 9.76. The van der Waals surface area contributed by atoms with Crippen molar-refractivity contribution in [2.24, 2.45) is 0 Å². The maximum atomic E-state index is 13.4. The number of hydrogen-bond acceptors (Lipinski definition) is 3.